The predicted molar refractivity (Wildman–Crippen MR) is 69.9 cm³/mol. The van der Waals surface area contributed by atoms with Crippen LogP contribution in [0.5, 0.6) is 0 Å². The molecule has 3 rings (SSSR count). The molecule has 1 saturated heterocycles. The predicted octanol–water partition coefficient (Wildman–Crippen LogP) is 1.94. The number of nitrogens with zero attached hydrogens (tertiary/aromatic N) is 1. The van der Waals surface area contributed by atoms with Crippen LogP contribution >= 0.6 is 0 Å². The first-order chi connectivity index (χ1) is 9.16. The molecule has 0 spiro atoms. The van der Waals surface area contributed by atoms with E-state index in [1.165, 1.54) is 0 Å². The van der Waals surface area contributed by atoms with Crippen molar-refractivity contribution in [3.05, 3.63) is 35.4 Å². The summed E-state index contributed by atoms with van der Waals surface area (Å²) < 4.78 is 0. The van der Waals surface area contributed by atoms with Gasteiger partial charge >= 0.3 is 5.97 Å². The SMILES string of the molecule is O=C(O)[C@@H]1CC[C@H]2CCc3ccccc3C(=O)N2C1. The van der Waals surface area contributed by atoms with Gasteiger partial charge in [0.15, 0.2) is 0 Å². The van der Waals surface area contributed by atoms with Crippen LogP contribution in [0.15, 0.2) is 24.3 Å². The van der Waals surface area contributed by atoms with Crippen LogP contribution in [0, 0.1) is 5.92 Å². The Morgan fingerprint density at radius 1 is 1.21 bits per heavy atom. The number of carbonyl (C=O) groups excluding carboxylic acids is 1. The number of carboxylic acid groups (broad SMARTS) is 1. The maximum atomic E-state index is 12.6. The summed E-state index contributed by atoms with van der Waals surface area (Å²) >= 11 is 0. The van der Waals surface area contributed by atoms with Crippen molar-refractivity contribution in [2.75, 3.05) is 6.54 Å². The molecule has 0 radical (unpaired) electrons. The van der Waals surface area contributed by atoms with Gasteiger partial charge in [0, 0.05) is 18.2 Å². The highest BCUT2D eigenvalue weighted by Gasteiger charge is 2.37. The molecular formula is C15H17NO3. The maximum absolute atomic E-state index is 12.6. The summed E-state index contributed by atoms with van der Waals surface area (Å²) in [4.78, 5) is 25.5. The zero-order valence-electron chi connectivity index (χ0n) is 10.7. The average Bonchev–Trinajstić information content (AvgIpc) is 2.57. The number of hydrogen-bond donors (Lipinski definition) is 1. The number of aliphatic carboxylic acids is 1. The maximum Gasteiger partial charge on any atom is 0.308 e. The van der Waals surface area contributed by atoms with Crippen molar-refractivity contribution in [3.8, 4) is 0 Å². The summed E-state index contributed by atoms with van der Waals surface area (Å²) in [5.74, 6) is -1.20. The number of carbonyl (C=O) groups is 2. The quantitative estimate of drug-likeness (QED) is 0.838. The lowest BCUT2D eigenvalue weighted by molar-refractivity contribution is -0.143. The van der Waals surface area contributed by atoms with Crippen LogP contribution in [0.1, 0.15) is 35.2 Å². The molecule has 1 N–H and O–H groups in total. The van der Waals surface area contributed by atoms with Crippen molar-refractivity contribution in [2.24, 2.45) is 5.92 Å². The Labute approximate surface area is 112 Å². The fourth-order valence-corrected chi connectivity index (χ4v) is 3.20. The number of aryl methyl sites for hydroxylation is 1. The molecule has 4 heteroatoms. The molecule has 19 heavy (non-hydrogen) atoms. The van der Waals surface area contributed by atoms with Gasteiger partial charge in [-0.1, -0.05) is 18.2 Å². The number of amides is 1. The van der Waals surface area contributed by atoms with E-state index in [9.17, 15) is 9.59 Å². The average molecular weight is 259 g/mol. The Bertz CT molecular complexity index is 526. The second kappa shape index (κ2) is 4.68. The van der Waals surface area contributed by atoms with Gasteiger partial charge in [-0.2, -0.15) is 0 Å². The van der Waals surface area contributed by atoms with Crippen LogP contribution in [0.2, 0.25) is 0 Å². The highest BCUT2D eigenvalue weighted by Crippen LogP contribution is 2.30. The lowest BCUT2D eigenvalue weighted by Crippen LogP contribution is -2.47. The van der Waals surface area contributed by atoms with Crippen LogP contribution in [0.3, 0.4) is 0 Å². The van der Waals surface area contributed by atoms with Gasteiger partial charge in [0.05, 0.1) is 5.92 Å². The molecular weight excluding hydrogens is 242 g/mol. The monoisotopic (exact) mass is 259 g/mol. The summed E-state index contributed by atoms with van der Waals surface area (Å²) in [6.07, 6.45) is 3.33. The third-order valence-electron chi connectivity index (χ3n) is 4.31. The van der Waals surface area contributed by atoms with Gasteiger partial charge in [-0.3, -0.25) is 9.59 Å². The molecule has 0 bridgehead atoms. The number of rotatable bonds is 1. The lowest BCUT2D eigenvalue weighted by Gasteiger charge is -2.37. The van der Waals surface area contributed by atoms with Crippen LogP contribution in [-0.2, 0) is 11.2 Å². The molecule has 100 valence electrons. The zero-order chi connectivity index (χ0) is 13.4. The van der Waals surface area contributed by atoms with Crippen LogP contribution in [-0.4, -0.2) is 34.5 Å². The topological polar surface area (TPSA) is 57.6 Å². The highest BCUT2D eigenvalue weighted by molar-refractivity contribution is 5.96. The third kappa shape index (κ3) is 2.11. The molecule has 4 nitrogen and oxygen atoms in total. The van der Waals surface area contributed by atoms with E-state index in [2.05, 4.69) is 0 Å². The Hall–Kier alpha value is -1.84. The van der Waals surface area contributed by atoms with Crippen molar-refractivity contribution in [1.29, 1.82) is 0 Å². The second-order valence-electron chi connectivity index (χ2n) is 5.42. The van der Waals surface area contributed by atoms with E-state index in [-0.39, 0.29) is 11.9 Å². The van der Waals surface area contributed by atoms with Gasteiger partial charge in [0.25, 0.3) is 5.91 Å². The third-order valence-corrected chi connectivity index (χ3v) is 4.31. The van der Waals surface area contributed by atoms with Gasteiger partial charge in [0.2, 0.25) is 0 Å². The first-order valence-corrected chi connectivity index (χ1v) is 6.78. The van der Waals surface area contributed by atoms with Crippen LogP contribution < -0.4 is 0 Å². The van der Waals surface area contributed by atoms with Crippen molar-refractivity contribution in [3.63, 3.8) is 0 Å². The van der Waals surface area contributed by atoms with Crippen molar-refractivity contribution in [2.45, 2.75) is 31.7 Å². The van der Waals surface area contributed by atoms with Gasteiger partial charge in [-0.25, -0.2) is 0 Å². The molecule has 2 atom stereocenters. The van der Waals surface area contributed by atoms with Gasteiger partial charge < -0.3 is 10.0 Å². The van der Waals surface area contributed by atoms with E-state index in [1.54, 1.807) is 4.90 Å². The fraction of sp³-hybridized carbons (Fsp3) is 0.467. The van der Waals surface area contributed by atoms with Crippen LogP contribution in [0.25, 0.3) is 0 Å². The van der Waals surface area contributed by atoms with E-state index in [4.69, 9.17) is 5.11 Å². The molecule has 2 heterocycles. The van der Waals surface area contributed by atoms with Crippen LogP contribution in [0.4, 0.5) is 0 Å². The number of fused-ring (bicyclic) bond motifs is 2. The normalized spacial score (nSPS) is 26.3. The minimum Gasteiger partial charge on any atom is -0.481 e. The summed E-state index contributed by atoms with van der Waals surface area (Å²) in [6, 6.07) is 7.88. The standard InChI is InChI=1S/C15H17NO3/c17-14-13-4-2-1-3-10(13)5-7-12-8-6-11(15(18)19)9-16(12)14/h1-4,11-12H,5-9H2,(H,18,19)/t11-,12-/m1/s1. The summed E-state index contributed by atoms with van der Waals surface area (Å²) in [5.41, 5.74) is 1.84. The number of carboxylic acids is 1. The molecule has 1 aromatic carbocycles. The summed E-state index contributed by atoms with van der Waals surface area (Å²) in [7, 11) is 0. The van der Waals surface area contributed by atoms with Gasteiger partial charge in [-0.15, -0.1) is 0 Å². The van der Waals surface area contributed by atoms with E-state index in [1.807, 2.05) is 24.3 Å². The van der Waals surface area contributed by atoms with E-state index < -0.39 is 11.9 Å². The Morgan fingerprint density at radius 2 is 2.00 bits per heavy atom. The minimum atomic E-state index is -0.788. The smallest absolute Gasteiger partial charge is 0.308 e. The highest BCUT2D eigenvalue weighted by atomic mass is 16.4. The first-order valence-electron chi connectivity index (χ1n) is 6.78. The van der Waals surface area contributed by atoms with Crippen molar-refractivity contribution >= 4 is 11.9 Å². The molecule has 0 unspecified atom stereocenters. The van der Waals surface area contributed by atoms with Crippen molar-refractivity contribution < 1.29 is 14.7 Å². The van der Waals surface area contributed by atoms with E-state index in [0.29, 0.717) is 13.0 Å². The molecule has 0 aromatic heterocycles. The lowest BCUT2D eigenvalue weighted by atomic mass is 9.91. The summed E-state index contributed by atoms with van der Waals surface area (Å²) in [6.45, 7) is 0.354. The molecule has 2 aliphatic rings. The Kier molecular flexibility index (Phi) is 3.01. The second-order valence-corrected chi connectivity index (χ2v) is 5.42. The molecule has 1 amide bonds. The molecule has 0 saturated carbocycles. The molecule has 1 fully saturated rings. The largest absolute Gasteiger partial charge is 0.481 e. The number of piperidine rings is 1. The van der Waals surface area contributed by atoms with E-state index >= 15 is 0 Å². The fourth-order valence-electron chi connectivity index (χ4n) is 3.20. The molecule has 2 aliphatic heterocycles. The summed E-state index contributed by atoms with van der Waals surface area (Å²) in [5, 5.41) is 9.14. The first kappa shape index (κ1) is 12.2. The minimum absolute atomic E-state index is 0.00375. The number of benzene rings is 1. The van der Waals surface area contributed by atoms with Gasteiger partial charge in [-0.05, 0) is 37.3 Å². The van der Waals surface area contributed by atoms with E-state index in [0.717, 1.165) is 30.4 Å². The Morgan fingerprint density at radius 3 is 2.79 bits per heavy atom. The molecule has 0 aliphatic carbocycles. The van der Waals surface area contributed by atoms with Crippen molar-refractivity contribution in [1.82, 2.24) is 4.90 Å². The Balaban J connectivity index is 1.92. The zero-order valence-corrected chi connectivity index (χ0v) is 10.7. The number of hydrogen-bond acceptors (Lipinski definition) is 2. The molecule has 1 aromatic rings. The van der Waals surface area contributed by atoms with Gasteiger partial charge in [0.1, 0.15) is 0 Å².